The van der Waals surface area contributed by atoms with Gasteiger partial charge < -0.3 is 15.1 Å². The van der Waals surface area contributed by atoms with Crippen molar-refractivity contribution in [1.29, 1.82) is 0 Å². The summed E-state index contributed by atoms with van der Waals surface area (Å²) < 4.78 is 6.85. The van der Waals surface area contributed by atoms with E-state index in [-0.39, 0.29) is 28.4 Å². The van der Waals surface area contributed by atoms with Crippen molar-refractivity contribution in [1.82, 2.24) is 5.32 Å². The number of aryl methyl sites for hydroxylation is 1. The highest BCUT2D eigenvalue weighted by Gasteiger charge is 2.39. The van der Waals surface area contributed by atoms with Crippen molar-refractivity contribution in [3.05, 3.63) is 119 Å². The van der Waals surface area contributed by atoms with Crippen molar-refractivity contribution >= 4 is 29.0 Å². The number of hydrogen-bond acceptors (Lipinski definition) is 3. The van der Waals surface area contributed by atoms with Gasteiger partial charge in [0.05, 0.1) is 5.66 Å². The summed E-state index contributed by atoms with van der Waals surface area (Å²) in [5.74, 6) is 2.28. The maximum absolute atomic E-state index is 6.85. The van der Waals surface area contributed by atoms with Gasteiger partial charge in [-0.2, -0.15) is 0 Å². The molecule has 49 heavy (non-hydrogen) atoms. The monoisotopic (exact) mass is 656 g/mol. The van der Waals surface area contributed by atoms with Crippen LogP contribution in [0.1, 0.15) is 122 Å². The summed E-state index contributed by atoms with van der Waals surface area (Å²) in [6.45, 7) is 32.8. The van der Waals surface area contributed by atoms with E-state index in [0.717, 1.165) is 29.9 Å². The molecule has 3 aromatic rings. The molecule has 0 aliphatic heterocycles. The van der Waals surface area contributed by atoms with E-state index < -0.39 is 0 Å². The molecule has 0 unspecified atom stereocenters. The normalized spacial score (nSPS) is 19.4. The van der Waals surface area contributed by atoms with Crippen LogP contribution in [0.5, 0.6) is 0 Å². The molecule has 260 valence electrons. The zero-order valence-electron chi connectivity index (χ0n) is 32.2. The number of anilines is 1. The SMILES string of the molecule is C=CCNC/C(=C/Nc1cc2c(cc1C)C(C)(C)CCC2(C)C)B(/C=C/C=C(\C=C)CC)c1cc2cc3c(cc2o1)C(C)(C)CCC3(C)C. The lowest BCUT2D eigenvalue weighted by atomic mass is 9.42. The molecular formula is C45H61BN2O. The Balaban J connectivity index is 1.63. The Morgan fingerprint density at radius 1 is 0.816 bits per heavy atom. The standard InChI is InChI=1S/C45H61BN2O/c1-13-23-47-29-34(30-48-39-27-37-35(24-31(39)4)42(5,6)18-20-44(37,9)10)46(22-16-17-32(14-2)15-3)41-26-33-25-36-38(28-40(33)49-41)45(11,12)21-19-43(36,7)8/h13-14,16-17,22,24-28,30,47-48H,1-2,15,18-21,23,29H2,3-12H3/b22-16+,32-17+,34-30-. The van der Waals surface area contributed by atoms with Crippen molar-refractivity contribution in [2.24, 2.45) is 0 Å². The predicted molar refractivity (Wildman–Crippen MR) is 216 cm³/mol. The second-order valence-corrected chi connectivity index (χ2v) is 17.3. The van der Waals surface area contributed by atoms with Crippen LogP contribution in [0.15, 0.2) is 95.4 Å². The van der Waals surface area contributed by atoms with E-state index in [1.165, 1.54) is 69.9 Å². The van der Waals surface area contributed by atoms with Gasteiger partial charge in [-0.15, -0.1) is 12.6 Å². The Morgan fingerprint density at radius 3 is 1.96 bits per heavy atom. The van der Waals surface area contributed by atoms with E-state index in [2.05, 4.69) is 148 Å². The quantitative estimate of drug-likeness (QED) is 0.0882. The molecule has 0 atom stereocenters. The highest BCUT2D eigenvalue weighted by atomic mass is 16.3. The van der Waals surface area contributed by atoms with Crippen molar-refractivity contribution in [2.45, 2.75) is 123 Å². The molecule has 0 fully saturated rings. The largest absolute Gasteiger partial charge is 0.470 e. The molecule has 2 aromatic carbocycles. The first-order chi connectivity index (χ1) is 23.0. The first kappa shape index (κ1) is 36.8. The van der Waals surface area contributed by atoms with Crippen LogP contribution in [-0.4, -0.2) is 19.8 Å². The highest BCUT2D eigenvalue weighted by Crippen LogP contribution is 2.48. The van der Waals surface area contributed by atoms with Crippen LogP contribution in [0.25, 0.3) is 11.0 Å². The summed E-state index contributed by atoms with van der Waals surface area (Å²) in [6.07, 6.45) is 16.1. The highest BCUT2D eigenvalue weighted by molar-refractivity contribution is 6.83. The third kappa shape index (κ3) is 7.65. The lowest BCUT2D eigenvalue weighted by Gasteiger charge is -2.42. The first-order valence-corrected chi connectivity index (χ1v) is 18.5. The van der Waals surface area contributed by atoms with Gasteiger partial charge in [-0.05, 0) is 125 Å². The second-order valence-electron chi connectivity index (χ2n) is 17.3. The molecule has 0 amide bonds. The number of hydrogen-bond donors (Lipinski definition) is 2. The fraction of sp³-hybridized carbons (Fsp3) is 0.467. The molecule has 4 heteroatoms. The van der Waals surface area contributed by atoms with Gasteiger partial charge in [-0.1, -0.05) is 105 Å². The Bertz CT molecular complexity index is 1760. The number of nitrogens with one attached hydrogen (secondary N) is 2. The third-order valence-electron chi connectivity index (χ3n) is 11.7. The van der Waals surface area contributed by atoms with Crippen molar-refractivity contribution in [3.63, 3.8) is 0 Å². The van der Waals surface area contributed by atoms with E-state index in [1.54, 1.807) is 0 Å². The average Bonchev–Trinajstić information content (AvgIpc) is 3.47. The van der Waals surface area contributed by atoms with Gasteiger partial charge in [0.25, 0.3) is 6.71 Å². The minimum absolute atomic E-state index is 0.0808. The molecule has 0 saturated heterocycles. The lowest BCUT2D eigenvalue weighted by molar-refractivity contribution is 0.332. The van der Waals surface area contributed by atoms with Crippen LogP contribution in [0, 0.1) is 6.92 Å². The molecule has 2 aliphatic carbocycles. The molecule has 0 bridgehead atoms. The first-order valence-electron chi connectivity index (χ1n) is 18.5. The summed E-state index contributed by atoms with van der Waals surface area (Å²) >= 11 is 0. The number of rotatable bonds is 12. The molecule has 0 radical (unpaired) electrons. The molecule has 2 aliphatic rings. The van der Waals surface area contributed by atoms with Gasteiger partial charge >= 0.3 is 0 Å². The van der Waals surface area contributed by atoms with Gasteiger partial charge in [0.15, 0.2) is 0 Å². The van der Waals surface area contributed by atoms with E-state index in [4.69, 9.17) is 4.42 Å². The molecule has 1 aromatic heterocycles. The van der Waals surface area contributed by atoms with Crippen LogP contribution in [0.4, 0.5) is 5.69 Å². The zero-order valence-corrected chi connectivity index (χ0v) is 32.2. The maximum atomic E-state index is 6.85. The molecule has 0 saturated carbocycles. The van der Waals surface area contributed by atoms with Gasteiger partial charge in [0.1, 0.15) is 5.58 Å². The fourth-order valence-corrected chi connectivity index (χ4v) is 7.91. The Hall–Kier alpha value is -3.50. The second kappa shape index (κ2) is 14.0. The average molecular weight is 657 g/mol. The van der Waals surface area contributed by atoms with Gasteiger partial charge in [-0.25, -0.2) is 0 Å². The summed E-state index contributed by atoms with van der Waals surface area (Å²) in [5.41, 5.74) is 13.2. The molecule has 2 N–H and O–H groups in total. The smallest absolute Gasteiger partial charge is 0.279 e. The lowest BCUT2D eigenvalue weighted by Crippen LogP contribution is -2.35. The number of allylic oxidation sites excluding steroid dienone is 4. The fourth-order valence-electron chi connectivity index (χ4n) is 7.91. The number of fused-ring (bicyclic) bond motifs is 3. The van der Waals surface area contributed by atoms with Gasteiger partial charge in [-0.3, -0.25) is 0 Å². The summed E-state index contributed by atoms with van der Waals surface area (Å²) in [4.78, 5) is 0. The van der Waals surface area contributed by atoms with Crippen LogP contribution in [0.3, 0.4) is 0 Å². The molecular weight excluding hydrogens is 595 g/mol. The number of furan rings is 1. The summed E-state index contributed by atoms with van der Waals surface area (Å²) in [7, 11) is 0. The van der Waals surface area contributed by atoms with Crippen molar-refractivity contribution < 1.29 is 4.42 Å². The van der Waals surface area contributed by atoms with E-state index in [1.807, 2.05) is 12.2 Å². The molecule has 1 heterocycles. The van der Waals surface area contributed by atoms with Crippen LogP contribution >= 0.6 is 0 Å². The topological polar surface area (TPSA) is 37.2 Å². The van der Waals surface area contributed by atoms with E-state index >= 15 is 0 Å². The Kier molecular flexibility index (Phi) is 10.5. The Labute approximate surface area is 298 Å². The van der Waals surface area contributed by atoms with Crippen LogP contribution in [-0.2, 0) is 21.7 Å². The summed E-state index contributed by atoms with van der Waals surface area (Å²) in [6, 6.07) is 11.9. The maximum Gasteiger partial charge on any atom is 0.279 e. The van der Waals surface area contributed by atoms with Crippen molar-refractivity contribution in [2.75, 3.05) is 18.4 Å². The van der Waals surface area contributed by atoms with Gasteiger partial charge in [0, 0.05) is 24.2 Å². The van der Waals surface area contributed by atoms with E-state index in [9.17, 15) is 0 Å². The minimum Gasteiger partial charge on any atom is -0.470 e. The van der Waals surface area contributed by atoms with E-state index in [0.29, 0.717) is 6.54 Å². The van der Waals surface area contributed by atoms with Crippen LogP contribution in [0.2, 0.25) is 0 Å². The Morgan fingerprint density at radius 2 is 1.39 bits per heavy atom. The third-order valence-corrected chi connectivity index (χ3v) is 11.7. The molecule has 0 spiro atoms. The van der Waals surface area contributed by atoms with Gasteiger partial charge in [0.2, 0.25) is 0 Å². The molecule has 5 rings (SSSR count). The van der Waals surface area contributed by atoms with Crippen LogP contribution < -0.4 is 16.3 Å². The number of benzene rings is 2. The van der Waals surface area contributed by atoms with Crippen molar-refractivity contribution in [3.8, 4) is 0 Å². The molecule has 3 nitrogen and oxygen atoms in total. The minimum atomic E-state index is -0.0808. The summed E-state index contributed by atoms with van der Waals surface area (Å²) in [5, 5.41) is 8.57. The predicted octanol–water partition coefficient (Wildman–Crippen LogP) is 11.1. The zero-order chi connectivity index (χ0) is 35.8.